The van der Waals surface area contributed by atoms with Gasteiger partial charge >= 0.3 is 5.91 Å². The van der Waals surface area contributed by atoms with Crippen molar-refractivity contribution in [3.05, 3.63) is 58.0 Å². The van der Waals surface area contributed by atoms with E-state index in [9.17, 15) is 4.79 Å². The average Bonchev–Trinajstić information content (AvgIpc) is 3.21. The molecular weight excluding hydrogens is 372 g/mol. The fourth-order valence-electron chi connectivity index (χ4n) is 2.88. The molecule has 7 heteroatoms. The van der Waals surface area contributed by atoms with Crippen LogP contribution in [-0.2, 0) is 6.54 Å². The van der Waals surface area contributed by atoms with Crippen molar-refractivity contribution >= 4 is 50.0 Å². The predicted molar refractivity (Wildman–Crippen MR) is 103 cm³/mol. The van der Waals surface area contributed by atoms with Gasteiger partial charge in [0.1, 0.15) is 0 Å². The van der Waals surface area contributed by atoms with Gasteiger partial charge in [0.05, 0.1) is 17.3 Å². The minimum Gasteiger partial charge on any atom is -0.493 e. The first-order valence-electron chi connectivity index (χ1n) is 8.05. The molecule has 0 radical (unpaired) electrons. The zero-order valence-corrected chi connectivity index (χ0v) is 15.7. The normalized spacial score (nSPS) is 12.2. The third-order valence-corrected chi connectivity index (χ3v) is 5.37. The lowest BCUT2D eigenvalue weighted by molar-refractivity contribution is 0.0973. The number of thiazole rings is 1. The summed E-state index contributed by atoms with van der Waals surface area (Å²) < 4.78 is 13.9. The number of hydrogen-bond acceptors (Lipinski definition) is 4. The maximum atomic E-state index is 12.7. The number of aromatic nitrogens is 1. The molecule has 0 spiro atoms. The van der Waals surface area contributed by atoms with Gasteiger partial charge in [0.15, 0.2) is 21.9 Å². The van der Waals surface area contributed by atoms with Crippen LogP contribution in [0.3, 0.4) is 0 Å². The molecule has 4 aromatic rings. The molecule has 0 bridgehead atoms. The van der Waals surface area contributed by atoms with Crippen LogP contribution in [0.25, 0.3) is 21.2 Å². The number of benzene rings is 2. The minimum atomic E-state index is -0.428. The number of fused-ring (bicyclic) bond motifs is 2. The Labute approximate surface area is 158 Å². The molecule has 132 valence electrons. The lowest BCUT2D eigenvalue weighted by Crippen LogP contribution is -2.15. The first-order chi connectivity index (χ1) is 12.6. The first-order valence-corrected chi connectivity index (χ1v) is 9.24. The van der Waals surface area contributed by atoms with Crippen molar-refractivity contribution in [3.8, 4) is 5.75 Å². The summed E-state index contributed by atoms with van der Waals surface area (Å²) in [4.78, 5) is 17.6. The molecule has 0 unspecified atom stereocenters. The molecule has 5 nitrogen and oxygen atoms in total. The van der Waals surface area contributed by atoms with Crippen molar-refractivity contribution in [2.45, 2.75) is 13.5 Å². The van der Waals surface area contributed by atoms with Gasteiger partial charge in [-0.05, 0) is 37.3 Å². The number of furan rings is 1. The molecule has 0 aliphatic carbocycles. The Bertz CT molecular complexity index is 1200. The van der Waals surface area contributed by atoms with Gasteiger partial charge in [-0.1, -0.05) is 35.1 Å². The van der Waals surface area contributed by atoms with E-state index < -0.39 is 5.91 Å². The van der Waals surface area contributed by atoms with Crippen LogP contribution in [-0.4, -0.2) is 17.6 Å². The van der Waals surface area contributed by atoms with Crippen molar-refractivity contribution in [1.29, 1.82) is 0 Å². The van der Waals surface area contributed by atoms with Gasteiger partial charge in [0.2, 0.25) is 0 Å². The summed E-state index contributed by atoms with van der Waals surface area (Å²) in [6.07, 6.45) is 0. The minimum absolute atomic E-state index is 0.183. The molecule has 0 atom stereocenters. The van der Waals surface area contributed by atoms with E-state index in [4.69, 9.17) is 20.8 Å². The summed E-state index contributed by atoms with van der Waals surface area (Å²) >= 11 is 7.50. The third kappa shape index (κ3) is 2.81. The van der Waals surface area contributed by atoms with Crippen molar-refractivity contribution < 1.29 is 13.9 Å². The number of amides is 1. The zero-order valence-electron chi connectivity index (χ0n) is 14.2. The van der Waals surface area contributed by atoms with Crippen LogP contribution in [0.5, 0.6) is 5.75 Å². The number of ether oxygens (including phenoxy) is 1. The van der Waals surface area contributed by atoms with Gasteiger partial charge in [-0.2, -0.15) is 4.99 Å². The summed E-state index contributed by atoms with van der Waals surface area (Å²) in [5.41, 5.74) is 1.54. The van der Waals surface area contributed by atoms with E-state index in [2.05, 4.69) is 4.99 Å². The Hall–Kier alpha value is -2.57. The molecule has 0 saturated carbocycles. The van der Waals surface area contributed by atoms with Crippen LogP contribution < -0.4 is 9.54 Å². The molecule has 0 aliphatic heterocycles. The smallest absolute Gasteiger partial charge is 0.315 e. The maximum absolute atomic E-state index is 12.7. The SMILES string of the molecule is CCn1c(=NC(=O)c2cc3cccc(OC)c3o2)sc2cc(Cl)ccc21. The highest BCUT2D eigenvalue weighted by Crippen LogP contribution is 2.29. The molecule has 1 amide bonds. The Morgan fingerprint density at radius 1 is 1.31 bits per heavy atom. The third-order valence-electron chi connectivity index (χ3n) is 4.10. The molecule has 2 aromatic heterocycles. The van der Waals surface area contributed by atoms with Gasteiger partial charge in [-0.25, -0.2) is 0 Å². The Kier molecular flexibility index (Phi) is 4.30. The number of methoxy groups -OCH3 is 1. The van der Waals surface area contributed by atoms with Gasteiger partial charge in [0, 0.05) is 17.0 Å². The first kappa shape index (κ1) is 16.9. The molecule has 4 rings (SSSR count). The summed E-state index contributed by atoms with van der Waals surface area (Å²) in [5.74, 6) is 0.340. The second-order valence-electron chi connectivity index (χ2n) is 5.65. The van der Waals surface area contributed by atoms with Crippen molar-refractivity contribution in [3.63, 3.8) is 0 Å². The highest BCUT2D eigenvalue weighted by atomic mass is 35.5. The van der Waals surface area contributed by atoms with Crippen LogP contribution in [0, 0.1) is 0 Å². The summed E-state index contributed by atoms with van der Waals surface area (Å²) in [5, 5.41) is 1.46. The monoisotopic (exact) mass is 386 g/mol. The molecule has 26 heavy (non-hydrogen) atoms. The molecular formula is C19H15ClN2O3S. The number of nitrogens with zero attached hydrogens (tertiary/aromatic N) is 2. The average molecular weight is 387 g/mol. The Morgan fingerprint density at radius 2 is 2.15 bits per heavy atom. The zero-order chi connectivity index (χ0) is 18.3. The second-order valence-corrected chi connectivity index (χ2v) is 7.09. The summed E-state index contributed by atoms with van der Waals surface area (Å²) in [6.45, 7) is 2.71. The number of rotatable bonds is 3. The number of aryl methyl sites for hydroxylation is 1. The van der Waals surface area contributed by atoms with Gasteiger partial charge in [0.25, 0.3) is 0 Å². The van der Waals surface area contributed by atoms with E-state index in [-0.39, 0.29) is 5.76 Å². The second kappa shape index (κ2) is 6.63. The molecule has 0 aliphatic rings. The quantitative estimate of drug-likeness (QED) is 0.504. The maximum Gasteiger partial charge on any atom is 0.315 e. The Balaban J connectivity index is 1.83. The number of para-hydroxylation sites is 1. The van der Waals surface area contributed by atoms with E-state index in [1.54, 1.807) is 19.2 Å². The van der Waals surface area contributed by atoms with Crippen molar-refractivity contribution in [2.75, 3.05) is 7.11 Å². The molecule has 2 heterocycles. The fraction of sp³-hybridized carbons (Fsp3) is 0.158. The summed E-state index contributed by atoms with van der Waals surface area (Å²) in [6, 6.07) is 12.8. The summed E-state index contributed by atoms with van der Waals surface area (Å²) in [7, 11) is 1.57. The van der Waals surface area contributed by atoms with Crippen molar-refractivity contribution in [2.24, 2.45) is 4.99 Å². The molecule has 0 fully saturated rings. The number of carbonyl (C=O) groups is 1. The Morgan fingerprint density at radius 3 is 2.92 bits per heavy atom. The van der Waals surface area contributed by atoms with Crippen LogP contribution in [0.4, 0.5) is 0 Å². The van der Waals surface area contributed by atoms with E-state index in [1.165, 1.54) is 11.3 Å². The van der Waals surface area contributed by atoms with E-state index in [0.29, 0.717) is 27.7 Å². The van der Waals surface area contributed by atoms with Gasteiger partial charge in [-0.3, -0.25) is 4.79 Å². The van der Waals surface area contributed by atoms with Gasteiger partial charge < -0.3 is 13.7 Å². The molecule has 2 aromatic carbocycles. The van der Waals surface area contributed by atoms with Crippen LogP contribution in [0.15, 0.2) is 51.9 Å². The fourth-order valence-corrected chi connectivity index (χ4v) is 4.25. The topological polar surface area (TPSA) is 56.7 Å². The lowest BCUT2D eigenvalue weighted by atomic mass is 10.2. The number of hydrogen-bond donors (Lipinski definition) is 0. The van der Waals surface area contributed by atoms with Crippen molar-refractivity contribution in [1.82, 2.24) is 4.57 Å². The van der Waals surface area contributed by atoms with E-state index in [1.807, 2.05) is 41.8 Å². The predicted octanol–water partition coefficient (Wildman–Crippen LogP) is 4.87. The number of carbonyl (C=O) groups excluding carboxylic acids is 1. The largest absolute Gasteiger partial charge is 0.493 e. The van der Waals surface area contributed by atoms with Crippen LogP contribution in [0.1, 0.15) is 17.5 Å². The number of halogens is 1. The van der Waals surface area contributed by atoms with E-state index >= 15 is 0 Å². The molecule has 0 saturated heterocycles. The van der Waals surface area contributed by atoms with Crippen LogP contribution in [0.2, 0.25) is 5.02 Å². The van der Waals surface area contributed by atoms with Crippen LogP contribution >= 0.6 is 22.9 Å². The van der Waals surface area contributed by atoms with E-state index in [0.717, 1.165) is 15.6 Å². The highest BCUT2D eigenvalue weighted by molar-refractivity contribution is 7.16. The molecule has 0 N–H and O–H groups in total. The standard InChI is InChI=1S/C19H15ClN2O3S/c1-3-22-13-8-7-12(20)10-16(13)26-19(22)21-18(23)15-9-11-5-4-6-14(24-2)17(11)25-15/h4-10H,3H2,1-2H3. The van der Waals surface area contributed by atoms with Gasteiger partial charge in [-0.15, -0.1) is 0 Å². The highest BCUT2D eigenvalue weighted by Gasteiger charge is 2.15. The lowest BCUT2D eigenvalue weighted by Gasteiger charge is -1.99.